The van der Waals surface area contributed by atoms with Crippen LogP contribution in [0.25, 0.3) is 11.2 Å². The van der Waals surface area contributed by atoms with Gasteiger partial charge in [-0.2, -0.15) is 0 Å². The first-order chi connectivity index (χ1) is 12.5. The number of aromatic nitrogens is 4. The molecule has 2 fully saturated rings. The quantitative estimate of drug-likeness (QED) is 0.796. The number of nitrogens with two attached hydrogens (primary N) is 1. The average molecular weight is 391 g/mol. The molecule has 0 spiro atoms. The molecule has 2 N–H and O–H groups in total. The van der Waals surface area contributed by atoms with Crippen LogP contribution in [0.1, 0.15) is 26.5 Å². The van der Waals surface area contributed by atoms with Crippen molar-refractivity contribution >= 4 is 25.6 Å². The highest BCUT2D eigenvalue weighted by molar-refractivity contribution is 7.41. The summed E-state index contributed by atoms with van der Waals surface area (Å²) in [6.45, 7) is 2.62. The molecule has 4 heterocycles. The third kappa shape index (κ3) is 4.07. The number of fused-ring (bicyclic) bond motifs is 2. The Morgan fingerprint density at radius 2 is 2.12 bits per heavy atom. The minimum atomic E-state index is -1.75. The van der Waals surface area contributed by atoms with Crippen molar-refractivity contribution in [2.45, 2.75) is 44.8 Å². The summed E-state index contributed by atoms with van der Waals surface area (Å²) in [5.74, 6) is 0.359. The highest BCUT2D eigenvalue weighted by atomic mass is 31.2. The molecule has 0 aromatic carbocycles. The second kappa shape index (κ2) is 8.45. The van der Waals surface area contributed by atoms with Crippen LogP contribution in [0.2, 0.25) is 0 Å². The lowest BCUT2D eigenvalue weighted by Crippen LogP contribution is -2.32. The van der Waals surface area contributed by atoms with E-state index in [1.807, 2.05) is 18.4 Å². The predicted octanol–water partition coefficient (Wildman–Crippen LogP) is 2.65. The maximum absolute atomic E-state index is 9.62. The molecule has 4 unspecified atom stereocenters. The predicted molar refractivity (Wildman–Crippen MR) is 89.3 cm³/mol. The standard InChI is InChI=1S/C13H18N5O4P.CH2F2/c1-7(2)21-23-19-4-9-8(22-23)3-10(20-9)18-6-17-11-12(14)15-5-16-13(11)18;2-1-3/h5-10H,3-4H2,1-2H3,(H2,14,15,16);1H2. The minimum absolute atomic E-state index is 0.0600. The Bertz CT molecular complexity index is 736. The van der Waals surface area contributed by atoms with Crippen LogP contribution in [0.15, 0.2) is 12.7 Å². The molecule has 4 atom stereocenters. The van der Waals surface area contributed by atoms with E-state index in [0.717, 1.165) is 0 Å². The summed E-state index contributed by atoms with van der Waals surface area (Å²) in [6, 6.07) is 0. The molecule has 2 aliphatic rings. The van der Waals surface area contributed by atoms with Gasteiger partial charge < -0.3 is 24.0 Å². The summed E-state index contributed by atoms with van der Waals surface area (Å²) in [6.07, 6.45) is 3.44. The average Bonchev–Trinajstić information content (AvgIpc) is 3.18. The van der Waals surface area contributed by atoms with E-state index in [4.69, 9.17) is 24.0 Å². The Kier molecular flexibility index (Phi) is 6.25. The molecule has 2 saturated heterocycles. The topological polar surface area (TPSA) is 107 Å². The van der Waals surface area contributed by atoms with Gasteiger partial charge in [-0.15, -0.1) is 0 Å². The molecule has 26 heavy (non-hydrogen) atoms. The van der Waals surface area contributed by atoms with E-state index in [9.17, 15) is 8.78 Å². The molecule has 0 aliphatic carbocycles. The van der Waals surface area contributed by atoms with Crippen LogP contribution in [0.4, 0.5) is 14.6 Å². The molecule has 4 rings (SSSR count). The van der Waals surface area contributed by atoms with Crippen molar-refractivity contribution in [3.8, 4) is 0 Å². The van der Waals surface area contributed by atoms with Gasteiger partial charge >= 0.3 is 8.60 Å². The maximum atomic E-state index is 9.62. The fraction of sp³-hybridized carbons (Fsp3) is 0.643. The molecular weight excluding hydrogens is 371 g/mol. The van der Waals surface area contributed by atoms with Crippen LogP contribution in [0, 0.1) is 0 Å². The van der Waals surface area contributed by atoms with Gasteiger partial charge in [0.2, 0.25) is 6.93 Å². The molecule has 0 amide bonds. The van der Waals surface area contributed by atoms with Crippen molar-refractivity contribution in [2.24, 2.45) is 0 Å². The maximum Gasteiger partial charge on any atom is 0.333 e. The Hall–Kier alpha value is -1.52. The van der Waals surface area contributed by atoms with Crippen molar-refractivity contribution in [3.63, 3.8) is 0 Å². The van der Waals surface area contributed by atoms with E-state index >= 15 is 0 Å². The lowest BCUT2D eigenvalue weighted by molar-refractivity contribution is -0.0622. The van der Waals surface area contributed by atoms with Gasteiger partial charge in [0.1, 0.15) is 24.2 Å². The fourth-order valence-electron chi connectivity index (χ4n) is 2.72. The monoisotopic (exact) mass is 391 g/mol. The number of nitrogen functional groups attached to an aromatic ring is 1. The number of halogens is 2. The summed E-state index contributed by atoms with van der Waals surface area (Å²) in [7, 11) is -1.31. The second-order valence-corrected chi connectivity index (χ2v) is 6.99. The number of imidazole rings is 1. The lowest BCUT2D eigenvalue weighted by Gasteiger charge is -2.30. The van der Waals surface area contributed by atoms with E-state index in [2.05, 4.69) is 15.0 Å². The van der Waals surface area contributed by atoms with Gasteiger partial charge in [0.25, 0.3) is 0 Å². The van der Waals surface area contributed by atoms with Gasteiger partial charge in [0.05, 0.1) is 25.1 Å². The number of hydrogen-bond acceptors (Lipinski definition) is 8. The molecule has 144 valence electrons. The van der Waals surface area contributed by atoms with E-state index < -0.39 is 15.5 Å². The Balaban J connectivity index is 0.000000613. The highest BCUT2D eigenvalue weighted by Crippen LogP contribution is 2.50. The summed E-state index contributed by atoms with van der Waals surface area (Å²) in [5.41, 5.74) is 7.06. The Morgan fingerprint density at radius 3 is 2.85 bits per heavy atom. The van der Waals surface area contributed by atoms with Gasteiger partial charge in [-0.25, -0.2) is 23.7 Å². The second-order valence-electron chi connectivity index (χ2n) is 5.87. The first kappa shape index (κ1) is 19.2. The zero-order valence-electron chi connectivity index (χ0n) is 14.3. The fourth-order valence-corrected chi connectivity index (χ4v) is 3.94. The van der Waals surface area contributed by atoms with Gasteiger partial charge in [-0.05, 0) is 13.8 Å². The number of hydrogen-bond donors (Lipinski definition) is 1. The Labute approximate surface area is 149 Å². The molecular formula is C14H20F2N5O4P. The van der Waals surface area contributed by atoms with Crippen LogP contribution in [-0.2, 0) is 18.3 Å². The molecule has 2 aliphatic heterocycles. The molecule has 2 aromatic rings. The minimum Gasteiger partial charge on any atom is -0.382 e. The zero-order chi connectivity index (χ0) is 18.7. The number of ether oxygens (including phenoxy) is 1. The molecule has 0 radical (unpaired) electrons. The molecule has 0 saturated carbocycles. The van der Waals surface area contributed by atoms with Gasteiger partial charge in [-0.1, -0.05) is 0 Å². The summed E-state index contributed by atoms with van der Waals surface area (Å²) in [4.78, 5) is 12.5. The highest BCUT2D eigenvalue weighted by Gasteiger charge is 2.44. The van der Waals surface area contributed by atoms with E-state index in [-0.39, 0.29) is 24.5 Å². The first-order valence-corrected chi connectivity index (χ1v) is 9.10. The number of nitrogens with zero attached hydrogens (tertiary/aromatic N) is 4. The SMILES string of the molecule is CC(C)OP1OCC2OC(n3cnc4c(N)ncnc43)CC2O1.FCF. The van der Waals surface area contributed by atoms with Crippen molar-refractivity contribution in [1.29, 1.82) is 0 Å². The normalized spacial score (nSPS) is 28.0. The van der Waals surface area contributed by atoms with E-state index in [0.29, 0.717) is 30.0 Å². The number of alkyl halides is 2. The van der Waals surface area contributed by atoms with E-state index in [1.54, 1.807) is 6.33 Å². The molecule has 0 bridgehead atoms. The van der Waals surface area contributed by atoms with Crippen LogP contribution < -0.4 is 5.73 Å². The van der Waals surface area contributed by atoms with Crippen molar-refractivity contribution in [3.05, 3.63) is 12.7 Å². The molecule has 2 aromatic heterocycles. The molecule has 9 nitrogen and oxygen atoms in total. The van der Waals surface area contributed by atoms with Gasteiger partial charge in [0.15, 0.2) is 11.5 Å². The van der Waals surface area contributed by atoms with Crippen LogP contribution in [-0.4, -0.2) is 51.4 Å². The smallest absolute Gasteiger partial charge is 0.333 e. The first-order valence-electron chi connectivity index (χ1n) is 8.00. The third-order valence-corrected chi connectivity index (χ3v) is 5.14. The van der Waals surface area contributed by atoms with E-state index in [1.165, 1.54) is 6.33 Å². The van der Waals surface area contributed by atoms with Crippen LogP contribution in [0.3, 0.4) is 0 Å². The summed E-state index contributed by atoms with van der Waals surface area (Å²) >= 11 is 0. The largest absolute Gasteiger partial charge is 0.382 e. The number of rotatable bonds is 3. The third-order valence-electron chi connectivity index (χ3n) is 3.74. The van der Waals surface area contributed by atoms with Crippen LogP contribution >= 0.6 is 8.60 Å². The summed E-state index contributed by atoms with van der Waals surface area (Å²) in [5, 5.41) is 0. The van der Waals surface area contributed by atoms with Crippen molar-refractivity contribution < 1.29 is 27.1 Å². The van der Waals surface area contributed by atoms with Crippen LogP contribution in [0.5, 0.6) is 0 Å². The lowest BCUT2D eigenvalue weighted by atomic mass is 10.2. The van der Waals surface area contributed by atoms with Gasteiger partial charge in [0, 0.05) is 6.42 Å². The molecule has 12 heteroatoms. The number of anilines is 1. The van der Waals surface area contributed by atoms with Crippen molar-refractivity contribution in [2.75, 3.05) is 19.3 Å². The Morgan fingerprint density at radius 1 is 1.35 bits per heavy atom. The van der Waals surface area contributed by atoms with Gasteiger partial charge in [-0.3, -0.25) is 4.57 Å². The zero-order valence-corrected chi connectivity index (χ0v) is 15.2. The van der Waals surface area contributed by atoms with Crippen molar-refractivity contribution in [1.82, 2.24) is 19.5 Å². The summed E-state index contributed by atoms with van der Waals surface area (Å²) < 4.78 is 44.3.